The fourth-order valence-corrected chi connectivity index (χ4v) is 1.65. The van der Waals surface area contributed by atoms with Crippen molar-refractivity contribution < 1.29 is 9.13 Å². The van der Waals surface area contributed by atoms with Crippen LogP contribution in [-0.2, 0) is 0 Å². The van der Waals surface area contributed by atoms with Crippen molar-refractivity contribution in [1.82, 2.24) is 9.97 Å². The highest BCUT2D eigenvalue weighted by atomic mass is 19.1. The fourth-order valence-electron chi connectivity index (χ4n) is 1.65. The first-order chi connectivity index (χ1) is 9.47. The summed E-state index contributed by atoms with van der Waals surface area (Å²) in [6, 6.07) is 4.47. The van der Waals surface area contributed by atoms with Gasteiger partial charge >= 0.3 is 0 Å². The third-order valence-corrected chi connectivity index (χ3v) is 2.65. The average molecular weight is 276 g/mol. The molecule has 0 aliphatic heterocycles. The van der Waals surface area contributed by atoms with E-state index in [0.717, 1.165) is 5.56 Å². The van der Waals surface area contributed by atoms with Crippen molar-refractivity contribution in [3.63, 3.8) is 0 Å². The number of halogens is 1. The van der Waals surface area contributed by atoms with Gasteiger partial charge in [-0.15, -0.1) is 0 Å². The van der Waals surface area contributed by atoms with E-state index in [4.69, 9.17) is 10.5 Å². The van der Waals surface area contributed by atoms with Crippen LogP contribution in [0.1, 0.15) is 19.4 Å². The van der Waals surface area contributed by atoms with Crippen LogP contribution in [0.5, 0.6) is 5.88 Å². The second kappa shape index (κ2) is 5.73. The molecule has 0 fully saturated rings. The van der Waals surface area contributed by atoms with Gasteiger partial charge in [0.2, 0.25) is 5.88 Å². The maximum absolute atomic E-state index is 13.3. The number of aryl methyl sites for hydroxylation is 1. The maximum atomic E-state index is 13.3. The lowest BCUT2D eigenvalue weighted by atomic mass is 10.2. The number of ether oxygens (including phenoxy) is 1. The highest BCUT2D eigenvalue weighted by Gasteiger charge is 2.12. The lowest BCUT2D eigenvalue weighted by Crippen LogP contribution is -2.11. The first kappa shape index (κ1) is 14.0. The Bertz CT molecular complexity index is 616. The zero-order valence-electron chi connectivity index (χ0n) is 11.6. The number of nitrogens with one attached hydrogen (secondary N) is 1. The highest BCUT2D eigenvalue weighted by Crippen LogP contribution is 2.29. The summed E-state index contributed by atoms with van der Waals surface area (Å²) in [5.74, 6) is 0.375. The summed E-state index contributed by atoms with van der Waals surface area (Å²) in [5, 5.41) is 3.00. The molecule has 0 aliphatic rings. The molecule has 106 valence electrons. The molecule has 1 aromatic carbocycles. The second-order valence-corrected chi connectivity index (χ2v) is 4.69. The Hall–Kier alpha value is -2.37. The number of nitrogen functional groups attached to an aromatic ring is 1. The quantitative estimate of drug-likeness (QED) is 0.898. The van der Waals surface area contributed by atoms with Crippen LogP contribution in [0.15, 0.2) is 24.5 Å². The topological polar surface area (TPSA) is 73.1 Å². The van der Waals surface area contributed by atoms with Crippen LogP contribution < -0.4 is 15.8 Å². The molecule has 0 saturated heterocycles. The summed E-state index contributed by atoms with van der Waals surface area (Å²) < 4.78 is 18.8. The van der Waals surface area contributed by atoms with Crippen LogP contribution in [0.2, 0.25) is 0 Å². The summed E-state index contributed by atoms with van der Waals surface area (Å²) in [6.45, 7) is 5.63. The number of rotatable bonds is 4. The molecule has 0 radical (unpaired) electrons. The lowest BCUT2D eigenvalue weighted by molar-refractivity contribution is 0.234. The maximum Gasteiger partial charge on any atom is 0.242 e. The zero-order valence-corrected chi connectivity index (χ0v) is 11.6. The molecule has 5 nitrogen and oxygen atoms in total. The third kappa shape index (κ3) is 3.14. The van der Waals surface area contributed by atoms with Gasteiger partial charge in [-0.25, -0.2) is 9.37 Å². The van der Waals surface area contributed by atoms with Gasteiger partial charge in [-0.05, 0) is 38.5 Å². The SMILES string of the molecule is Cc1ccc(F)cc1Nc1ncnc(OC(C)C)c1N. The molecule has 0 aliphatic carbocycles. The zero-order chi connectivity index (χ0) is 14.7. The van der Waals surface area contributed by atoms with E-state index in [2.05, 4.69) is 15.3 Å². The first-order valence-corrected chi connectivity index (χ1v) is 6.27. The molecule has 0 amide bonds. The molecule has 0 atom stereocenters. The summed E-state index contributed by atoms with van der Waals surface area (Å²) in [5.41, 5.74) is 7.75. The second-order valence-electron chi connectivity index (χ2n) is 4.69. The molecule has 0 bridgehead atoms. The van der Waals surface area contributed by atoms with E-state index in [0.29, 0.717) is 23.1 Å². The van der Waals surface area contributed by atoms with Crippen molar-refractivity contribution in [3.8, 4) is 5.88 Å². The number of aromatic nitrogens is 2. The molecule has 6 heteroatoms. The molecule has 0 unspecified atom stereocenters. The third-order valence-electron chi connectivity index (χ3n) is 2.65. The molecule has 0 saturated carbocycles. The van der Waals surface area contributed by atoms with Gasteiger partial charge in [-0.1, -0.05) is 6.07 Å². The Balaban J connectivity index is 2.32. The number of hydrogen-bond acceptors (Lipinski definition) is 5. The lowest BCUT2D eigenvalue weighted by Gasteiger charge is -2.14. The predicted octanol–water partition coefficient (Wildman–Crippen LogP) is 3.04. The van der Waals surface area contributed by atoms with Crippen molar-refractivity contribution in [2.24, 2.45) is 0 Å². The van der Waals surface area contributed by atoms with Crippen LogP contribution in [0.4, 0.5) is 21.6 Å². The van der Waals surface area contributed by atoms with E-state index < -0.39 is 0 Å². The van der Waals surface area contributed by atoms with Crippen molar-refractivity contribution in [2.75, 3.05) is 11.1 Å². The Kier molecular flexibility index (Phi) is 4.02. The number of nitrogens with two attached hydrogens (primary N) is 1. The van der Waals surface area contributed by atoms with Gasteiger partial charge in [-0.3, -0.25) is 0 Å². The molecule has 2 aromatic rings. The fraction of sp³-hybridized carbons (Fsp3) is 0.286. The largest absolute Gasteiger partial charge is 0.473 e. The van der Waals surface area contributed by atoms with E-state index in [-0.39, 0.29) is 11.9 Å². The molecule has 1 heterocycles. The molecule has 1 aromatic heterocycles. The minimum atomic E-state index is -0.329. The average Bonchev–Trinajstić information content (AvgIpc) is 2.38. The van der Waals surface area contributed by atoms with Crippen molar-refractivity contribution >= 4 is 17.2 Å². The van der Waals surface area contributed by atoms with E-state index in [1.807, 2.05) is 20.8 Å². The van der Waals surface area contributed by atoms with Crippen molar-refractivity contribution in [3.05, 3.63) is 35.9 Å². The number of nitrogens with zero attached hydrogens (tertiary/aromatic N) is 2. The minimum absolute atomic E-state index is 0.0454. The van der Waals surface area contributed by atoms with E-state index >= 15 is 0 Å². The summed E-state index contributed by atoms with van der Waals surface area (Å²) >= 11 is 0. The van der Waals surface area contributed by atoms with E-state index in [9.17, 15) is 4.39 Å². The summed E-state index contributed by atoms with van der Waals surface area (Å²) in [4.78, 5) is 8.05. The Morgan fingerprint density at radius 3 is 2.75 bits per heavy atom. The van der Waals surface area contributed by atoms with Crippen LogP contribution in [-0.4, -0.2) is 16.1 Å². The smallest absolute Gasteiger partial charge is 0.242 e. The van der Waals surface area contributed by atoms with Crippen LogP contribution >= 0.6 is 0 Å². The number of anilines is 3. The normalized spacial score (nSPS) is 10.7. The molecule has 3 N–H and O–H groups in total. The molecule has 20 heavy (non-hydrogen) atoms. The van der Waals surface area contributed by atoms with Crippen LogP contribution in [0, 0.1) is 12.7 Å². The Labute approximate surface area is 117 Å². The van der Waals surface area contributed by atoms with Gasteiger partial charge in [0.1, 0.15) is 17.8 Å². The highest BCUT2D eigenvalue weighted by molar-refractivity contribution is 5.73. The molecular weight excluding hydrogens is 259 g/mol. The van der Waals surface area contributed by atoms with E-state index in [1.165, 1.54) is 18.5 Å². The molecular formula is C14H17FN4O. The van der Waals surface area contributed by atoms with Gasteiger partial charge in [0, 0.05) is 5.69 Å². The van der Waals surface area contributed by atoms with Gasteiger partial charge in [-0.2, -0.15) is 4.98 Å². The van der Waals surface area contributed by atoms with Gasteiger partial charge < -0.3 is 15.8 Å². The van der Waals surface area contributed by atoms with Crippen molar-refractivity contribution in [1.29, 1.82) is 0 Å². The predicted molar refractivity (Wildman–Crippen MR) is 76.6 cm³/mol. The summed E-state index contributed by atoms with van der Waals surface area (Å²) in [7, 11) is 0. The Morgan fingerprint density at radius 1 is 1.30 bits per heavy atom. The monoisotopic (exact) mass is 276 g/mol. The summed E-state index contributed by atoms with van der Waals surface area (Å²) in [6.07, 6.45) is 1.31. The minimum Gasteiger partial charge on any atom is -0.473 e. The van der Waals surface area contributed by atoms with Gasteiger partial charge in [0.25, 0.3) is 0 Å². The molecule has 2 rings (SSSR count). The standard InChI is InChI=1S/C14H17FN4O/c1-8(2)20-14-12(16)13(17-7-18-14)19-11-6-10(15)5-4-9(11)3/h4-8H,16H2,1-3H3,(H,17,18,19). The number of benzene rings is 1. The van der Waals surface area contributed by atoms with Crippen molar-refractivity contribution in [2.45, 2.75) is 26.9 Å². The first-order valence-electron chi connectivity index (χ1n) is 6.27. The van der Waals surface area contributed by atoms with Gasteiger partial charge in [0.05, 0.1) is 6.10 Å². The number of hydrogen-bond donors (Lipinski definition) is 2. The van der Waals surface area contributed by atoms with Crippen LogP contribution in [0.3, 0.4) is 0 Å². The van der Waals surface area contributed by atoms with E-state index in [1.54, 1.807) is 6.07 Å². The van der Waals surface area contributed by atoms with Gasteiger partial charge in [0.15, 0.2) is 5.82 Å². The molecule has 0 spiro atoms. The van der Waals surface area contributed by atoms with Crippen LogP contribution in [0.25, 0.3) is 0 Å². The Morgan fingerprint density at radius 2 is 2.05 bits per heavy atom.